The molecule has 0 saturated carbocycles. The Morgan fingerprint density at radius 2 is 1.80 bits per heavy atom. The summed E-state index contributed by atoms with van der Waals surface area (Å²) in [5, 5.41) is 0.709. The van der Waals surface area contributed by atoms with Gasteiger partial charge in [-0.25, -0.2) is 0 Å². The van der Waals surface area contributed by atoms with E-state index in [1.165, 1.54) is 11.1 Å². The lowest BCUT2D eigenvalue weighted by Gasteiger charge is -2.18. The molecule has 0 saturated heterocycles. The number of hydrazine groups is 1. The molecule has 0 heterocycles. The maximum atomic E-state index is 6.34. The Morgan fingerprint density at radius 1 is 1.15 bits per heavy atom. The molecule has 1 atom stereocenters. The lowest BCUT2D eigenvalue weighted by Crippen LogP contribution is -2.29. The Labute approximate surface area is 133 Å². The highest BCUT2D eigenvalue weighted by atomic mass is 79.9. The van der Waals surface area contributed by atoms with E-state index in [2.05, 4.69) is 52.5 Å². The van der Waals surface area contributed by atoms with E-state index in [0.717, 1.165) is 22.9 Å². The minimum atomic E-state index is -0.00697. The first kappa shape index (κ1) is 15.5. The number of aryl methyl sites for hydroxylation is 1. The van der Waals surface area contributed by atoms with Crippen molar-refractivity contribution >= 4 is 27.5 Å². The van der Waals surface area contributed by atoms with Crippen molar-refractivity contribution in [2.75, 3.05) is 0 Å². The first-order valence-electron chi connectivity index (χ1n) is 6.63. The molecule has 0 aliphatic heterocycles. The smallest absolute Gasteiger partial charge is 0.0596 e. The average molecular weight is 354 g/mol. The van der Waals surface area contributed by atoms with Crippen molar-refractivity contribution in [2.45, 2.75) is 25.8 Å². The molecule has 2 nitrogen and oxygen atoms in total. The molecule has 1 unspecified atom stereocenters. The summed E-state index contributed by atoms with van der Waals surface area (Å²) in [5.74, 6) is 5.70. The molecule has 20 heavy (non-hydrogen) atoms. The number of nitrogens with two attached hydrogens (primary N) is 1. The van der Waals surface area contributed by atoms with Crippen molar-refractivity contribution in [2.24, 2.45) is 5.84 Å². The molecule has 0 fully saturated rings. The zero-order chi connectivity index (χ0) is 14.5. The highest BCUT2D eigenvalue weighted by Gasteiger charge is 2.15. The topological polar surface area (TPSA) is 38.0 Å². The fourth-order valence-corrected chi connectivity index (χ4v) is 2.83. The van der Waals surface area contributed by atoms with Crippen LogP contribution >= 0.6 is 27.5 Å². The molecule has 0 spiro atoms. The van der Waals surface area contributed by atoms with Crippen LogP contribution in [0, 0.1) is 0 Å². The fourth-order valence-electron chi connectivity index (χ4n) is 2.20. The first-order chi connectivity index (χ1) is 9.65. The number of benzene rings is 2. The van der Waals surface area contributed by atoms with Crippen molar-refractivity contribution < 1.29 is 0 Å². The lowest BCUT2D eigenvalue weighted by atomic mass is 9.98. The van der Waals surface area contributed by atoms with Gasteiger partial charge in [0.05, 0.1) is 11.1 Å². The summed E-state index contributed by atoms with van der Waals surface area (Å²) in [6.45, 7) is 2.15. The second kappa shape index (κ2) is 7.23. The van der Waals surface area contributed by atoms with E-state index < -0.39 is 0 Å². The van der Waals surface area contributed by atoms with Crippen LogP contribution in [0.15, 0.2) is 46.9 Å². The van der Waals surface area contributed by atoms with Crippen LogP contribution in [0.25, 0.3) is 0 Å². The quantitative estimate of drug-likeness (QED) is 0.617. The molecule has 0 radical (unpaired) electrons. The monoisotopic (exact) mass is 352 g/mol. The number of hydrogen-bond acceptors (Lipinski definition) is 2. The van der Waals surface area contributed by atoms with Crippen molar-refractivity contribution in [1.29, 1.82) is 0 Å². The van der Waals surface area contributed by atoms with Crippen LogP contribution in [0.3, 0.4) is 0 Å². The van der Waals surface area contributed by atoms with Crippen LogP contribution in [-0.2, 0) is 12.8 Å². The number of rotatable bonds is 5. The molecule has 2 aromatic carbocycles. The predicted octanol–water partition coefficient (Wildman–Crippen LogP) is 4.41. The molecule has 0 aliphatic carbocycles. The van der Waals surface area contributed by atoms with Gasteiger partial charge in [-0.3, -0.25) is 11.3 Å². The van der Waals surface area contributed by atoms with Gasteiger partial charge in [0, 0.05) is 4.47 Å². The van der Waals surface area contributed by atoms with Gasteiger partial charge in [0.25, 0.3) is 0 Å². The van der Waals surface area contributed by atoms with Gasteiger partial charge < -0.3 is 0 Å². The molecular formula is C16H18BrClN2. The van der Waals surface area contributed by atoms with Gasteiger partial charge in [0.15, 0.2) is 0 Å². The van der Waals surface area contributed by atoms with Gasteiger partial charge in [0.1, 0.15) is 0 Å². The number of nitrogens with one attached hydrogen (secondary N) is 1. The highest BCUT2D eigenvalue weighted by molar-refractivity contribution is 9.10. The number of halogens is 2. The van der Waals surface area contributed by atoms with E-state index in [9.17, 15) is 0 Å². The Hall–Kier alpha value is -0.870. The molecule has 2 rings (SSSR count). The molecule has 0 aliphatic rings. The van der Waals surface area contributed by atoms with E-state index in [-0.39, 0.29) is 6.04 Å². The van der Waals surface area contributed by atoms with E-state index in [4.69, 9.17) is 17.4 Å². The molecule has 4 heteroatoms. The zero-order valence-corrected chi connectivity index (χ0v) is 13.7. The molecule has 3 N–H and O–H groups in total. The van der Waals surface area contributed by atoms with Gasteiger partial charge >= 0.3 is 0 Å². The third-order valence-electron chi connectivity index (χ3n) is 3.43. The van der Waals surface area contributed by atoms with Crippen LogP contribution in [0.5, 0.6) is 0 Å². The third kappa shape index (κ3) is 3.61. The lowest BCUT2D eigenvalue weighted by molar-refractivity contribution is 0.552. The molecular weight excluding hydrogens is 336 g/mol. The van der Waals surface area contributed by atoms with Crippen LogP contribution in [0.1, 0.15) is 29.7 Å². The third-order valence-corrected chi connectivity index (χ3v) is 4.74. The summed E-state index contributed by atoms with van der Waals surface area (Å²) in [4.78, 5) is 0. The van der Waals surface area contributed by atoms with Gasteiger partial charge in [-0.05, 0) is 51.5 Å². The minimum absolute atomic E-state index is 0.00697. The maximum absolute atomic E-state index is 6.34. The molecule has 0 aromatic heterocycles. The van der Waals surface area contributed by atoms with E-state index >= 15 is 0 Å². The van der Waals surface area contributed by atoms with Gasteiger partial charge in [-0.1, -0.05) is 54.9 Å². The summed E-state index contributed by atoms with van der Waals surface area (Å²) in [6, 6.07) is 14.5. The average Bonchev–Trinajstić information content (AvgIpc) is 2.48. The molecule has 2 aromatic rings. The standard InChI is InChI=1S/C16H18BrClN2/c1-2-11-6-8-12(9-7-11)10-15(20-19)13-4-3-5-14(17)16(13)18/h3-9,15,20H,2,10,19H2,1H3. The van der Waals surface area contributed by atoms with Gasteiger partial charge in [0.2, 0.25) is 0 Å². The van der Waals surface area contributed by atoms with Crippen molar-refractivity contribution in [1.82, 2.24) is 5.43 Å². The Bertz CT molecular complexity index is 569. The summed E-state index contributed by atoms with van der Waals surface area (Å²) < 4.78 is 0.887. The van der Waals surface area contributed by atoms with Crippen molar-refractivity contribution in [3.8, 4) is 0 Å². The Balaban J connectivity index is 2.21. The molecule has 106 valence electrons. The fraction of sp³-hybridized carbons (Fsp3) is 0.250. The first-order valence-corrected chi connectivity index (χ1v) is 7.80. The van der Waals surface area contributed by atoms with Crippen molar-refractivity contribution in [3.05, 3.63) is 68.7 Å². The van der Waals surface area contributed by atoms with Crippen LogP contribution in [0.2, 0.25) is 5.02 Å². The van der Waals surface area contributed by atoms with Crippen LogP contribution in [-0.4, -0.2) is 0 Å². The SMILES string of the molecule is CCc1ccc(CC(NN)c2cccc(Br)c2Cl)cc1. The van der Waals surface area contributed by atoms with Crippen molar-refractivity contribution in [3.63, 3.8) is 0 Å². The Morgan fingerprint density at radius 3 is 2.40 bits per heavy atom. The van der Waals surface area contributed by atoms with Crippen LogP contribution < -0.4 is 11.3 Å². The normalized spacial score (nSPS) is 12.4. The predicted molar refractivity (Wildman–Crippen MR) is 88.7 cm³/mol. The van der Waals surface area contributed by atoms with Gasteiger partial charge in [-0.2, -0.15) is 0 Å². The summed E-state index contributed by atoms with van der Waals surface area (Å²) in [7, 11) is 0. The largest absolute Gasteiger partial charge is 0.271 e. The van der Waals surface area contributed by atoms with Crippen LogP contribution in [0.4, 0.5) is 0 Å². The number of hydrogen-bond donors (Lipinski definition) is 2. The second-order valence-electron chi connectivity index (χ2n) is 4.74. The zero-order valence-electron chi connectivity index (χ0n) is 11.4. The van der Waals surface area contributed by atoms with E-state index in [0.29, 0.717) is 5.02 Å². The second-order valence-corrected chi connectivity index (χ2v) is 5.97. The summed E-state index contributed by atoms with van der Waals surface area (Å²) >= 11 is 9.79. The van der Waals surface area contributed by atoms with E-state index in [1.807, 2.05) is 18.2 Å². The minimum Gasteiger partial charge on any atom is -0.271 e. The Kier molecular flexibility index (Phi) is 5.61. The van der Waals surface area contributed by atoms with E-state index in [1.54, 1.807) is 0 Å². The van der Waals surface area contributed by atoms with Gasteiger partial charge in [-0.15, -0.1) is 0 Å². The maximum Gasteiger partial charge on any atom is 0.0596 e. The molecule has 0 bridgehead atoms. The highest BCUT2D eigenvalue weighted by Crippen LogP contribution is 2.31. The summed E-state index contributed by atoms with van der Waals surface area (Å²) in [6.07, 6.45) is 1.85. The molecule has 0 amide bonds. The summed E-state index contributed by atoms with van der Waals surface area (Å²) in [5.41, 5.74) is 6.44.